The number of methoxy groups -OCH3 is 1. The molecule has 0 amide bonds. The standard InChI is InChI=1S/C33H34N2O4/c1-38-31-18-26-17-27(16-23-11-14-34(15-12-23)21-24-6-3-2-4-7-24)33(37)29(26)20-32(31)39-22-35-13-5-8-25-9-10-28(36)19-30(25)35/h2-10,13,18-20,23,27H,11-12,14-17,21-22H2,1H3/p+1. The van der Waals surface area contributed by atoms with Crippen LogP contribution in [-0.4, -0.2) is 36.0 Å². The van der Waals surface area contributed by atoms with Gasteiger partial charge in [-0.25, -0.2) is 0 Å². The Bertz CT molecular complexity index is 1480. The number of aromatic hydroxyl groups is 1. The quantitative estimate of drug-likeness (QED) is 0.308. The Balaban J connectivity index is 1.10. The lowest BCUT2D eigenvalue weighted by molar-refractivity contribution is -0.700. The Hall–Kier alpha value is -3.90. The van der Waals surface area contributed by atoms with Crippen molar-refractivity contribution >= 4 is 16.7 Å². The molecule has 6 nitrogen and oxygen atoms in total. The van der Waals surface area contributed by atoms with Gasteiger partial charge in [0, 0.05) is 29.5 Å². The maximum atomic E-state index is 13.5. The van der Waals surface area contributed by atoms with Gasteiger partial charge in [0.05, 0.1) is 13.2 Å². The lowest BCUT2D eigenvalue weighted by atomic mass is 9.85. The average Bonchev–Trinajstić information content (AvgIpc) is 3.26. The van der Waals surface area contributed by atoms with Crippen LogP contribution >= 0.6 is 0 Å². The third-order valence-electron chi connectivity index (χ3n) is 8.29. The number of nitrogens with zero attached hydrogens (tertiary/aromatic N) is 2. The number of Topliss-reactive ketones (excluding diaryl/α,β-unsaturated/α-hetero) is 1. The second-order valence-electron chi connectivity index (χ2n) is 10.9. The molecule has 0 bridgehead atoms. The number of benzene rings is 3. The first-order chi connectivity index (χ1) is 19.1. The van der Waals surface area contributed by atoms with E-state index in [1.807, 2.05) is 41.1 Å². The summed E-state index contributed by atoms with van der Waals surface area (Å²) in [6.07, 6.45) is 5.91. The summed E-state index contributed by atoms with van der Waals surface area (Å²) in [5.41, 5.74) is 4.04. The number of likely N-dealkylation sites (tertiary alicyclic amines) is 1. The fraction of sp³-hybridized carbons (Fsp3) is 0.333. The van der Waals surface area contributed by atoms with Crippen molar-refractivity contribution in [2.75, 3.05) is 20.2 Å². The van der Waals surface area contributed by atoms with Crippen LogP contribution < -0.4 is 14.0 Å². The van der Waals surface area contributed by atoms with E-state index in [2.05, 4.69) is 35.2 Å². The first kappa shape index (κ1) is 25.4. The highest BCUT2D eigenvalue weighted by molar-refractivity contribution is 6.02. The largest absolute Gasteiger partial charge is 0.508 e. The molecule has 1 aliphatic carbocycles. The van der Waals surface area contributed by atoms with E-state index < -0.39 is 0 Å². The number of phenolic OH excluding ortho intramolecular Hbond substituents is 1. The van der Waals surface area contributed by atoms with Crippen LogP contribution in [-0.2, 0) is 19.7 Å². The average molecular weight is 524 g/mol. The first-order valence-electron chi connectivity index (χ1n) is 13.8. The van der Waals surface area contributed by atoms with E-state index in [0.29, 0.717) is 17.4 Å². The molecular formula is C33H35N2O4+. The van der Waals surface area contributed by atoms with E-state index in [4.69, 9.17) is 9.47 Å². The highest BCUT2D eigenvalue weighted by atomic mass is 16.5. The molecule has 2 aliphatic rings. The molecule has 1 saturated heterocycles. The summed E-state index contributed by atoms with van der Waals surface area (Å²) < 4.78 is 13.8. The predicted octanol–water partition coefficient (Wildman–Crippen LogP) is 5.54. The number of carbonyl (C=O) groups is 1. The number of piperidine rings is 1. The summed E-state index contributed by atoms with van der Waals surface area (Å²) in [5, 5.41) is 11.0. The molecule has 39 heavy (non-hydrogen) atoms. The fourth-order valence-corrected chi connectivity index (χ4v) is 6.17. The Labute approximate surface area is 229 Å². The number of carbonyl (C=O) groups excluding carboxylic acids is 1. The number of hydrogen-bond acceptors (Lipinski definition) is 5. The van der Waals surface area contributed by atoms with Crippen molar-refractivity contribution in [3.05, 3.63) is 95.7 Å². The van der Waals surface area contributed by atoms with Crippen LogP contribution in [0, 0.1) is 11.8 Å². The van der Waals surface area contributed by atoms with Crippen LogP contribution in [0.15, 0.2) is 79.0 Å². The van der Waals surface area contributed by atoms with Crippen molar-refractivity contribution in [1.82, 2.24) is 4.90 Å². The van der Waals surface area contributed by atoms with Gasteiger partial charge in [-0.2, -0.15) is 4.57 Å². The third kappa shape index (κ3) is 5.48. The van der Waals surface area contributed by atoms with E-state index in [-0.39, 0.29) is 24.2 Å². The lowest BCUT2D eigenvalue weighted by Crippen LogP contribution is -2.37. The summed E-state index contributed by atoms with van der Waals surface area (Å²) in [5.74, 6) is 2.24. The number of fused-ring (bicyclic) bond motifs is 2. The minimum Gasteiger partial charge on any atom is -0.508 e. The van der Waals surface area contributed by atoms with Gasteiger partial charge in [0.1, 0.15) is 5.75 Å². The van der Waals surface area contributed by atoms with Crippen LogP contribution in [0.25, 0.3) is 10.9 Å². The molecule has 200 valence electrons. The van der Waals surface area contributed by atoms with Gasteiger partial charge in [0.15, 0.2) is 23.5 Å². The number of aromatic nitrogens is 1. The molecule has 1 N–H and O–H groups in total. The van der Waals surface area contributed by atoms with E-state index >= 15 is 0 Å². The summed E-state index contributed by atoms with van der Waals surface area (Å²) in [4.78, 5) is 16.0. The molecule has 1 aromatic heterocycles. The Morgan fingerprint density at radius 3 is 2.59 bits per heavy atom. The summed E-state index contributed by atoms with van der Waals surface area (Å²) >= 11 is 0. The van der Waals surface area contributed by atoms with Gasteiger partial charge in [-0.05, 0) is 86.1 Å². The molecule has 0 radical (unpaired) electrons. The number of pyridine rings is 1. The van der Waals surface area contributed by atoms with Gasteiger partial charge < -0.3 is 14.6 Å². The second-order valence-corrected chi connectivity index (χ2v) is 10.9. The minimum absolute atomic E-state index is 0.0287. The van der Waals surface area contributed by atoms with Gasteiger partial charge in [0.25, 0.3) is 6.73 Å². The van der Waals surface area contributed by atoms with Crippen LogP contribution in [0.3, 0.4) is 0 Å². The number of phenols is 1. The van der Waals surface area contributed by atoms with Crippen molar-refractivity contribution in [2.24, 2.45) is 11.8 Å². The monoisotopic (exact) mass is 523 g/mol. The zero-order chi connectivity index (χ0) is 26.8. The minimum atomic E-state index is 0.0287. The van der Waals surface area contributed by atoms with Gasteiger partial charge in [-0.1, -0.05) is 30.3 Å². The van der Waals surface area contributed by atoms with Crippen molar-refractivity contribution in [2.45, 2.75) is 39.0 Å². The molecule has 1 atom stereocenters. The molecular weight excluding hydrogens is 488 g/mol. The molecule has 6 rings (SSSR count). The summed E-state index contributed by atoms with van der Waals surface area (Å²) in [6.45, 7) is 3.41. The van der Waals surface area contributed by atoms with Gasteiger partial charge in [-0.3, -0.25) is 9.69 Å². The molecule has 1 unspecified atom stereocenters. The molecule has 4 aromatic rings. The highest BCUT2D eigenvalue weighted by Crippen LogP contribution is 2.40. The SMILES string of the molecule is COc1cc2c(cc1OC[n+]1cccc3ccc(O)cc31)C(=O)C(CC1CCN(Cc3ccccc3)CC1)C2. The first-order valence-corrected chi connectivity index (χ1v) is 13.8. The third-order valence-corrected chi connectivity index (χ3v) is 8.29. The zero-order valence-electron chi connectivity index (χ0n) is 22.4. The van der Waals surface area contributed by atoms with E-state index in [1.165, 1.54) is 5.56 Å². The maximum Gasteiger partial charge on any atom is 0.292 e. The second kappa shape index (κ2) is 11.1. The van der Waals surface area contributed by atoms with Crippen molar-refractivity contribution in [1.29, 1.82) is 0 Å². The van der Waals surface area contributed by atoms with Gasteiger partial charge in [0.2, 0.25) is 5.52 Å². The number of ether oxygens (including phenoxy) is 2. The Morgan fingerprint density at radius 1 is 0.974 bits per heavy atom. The van der Waals surface area contributed by atoms with Crippen molar-refractivity contribution < 1.29 is 23.9 Å². The van der Waals surface area contributed by atoms with E-state index in [1.54, 1.807) is 19.2 Å². The number of hydrogen-bond donors (Lipinski definition) is 1. The van der Waals surface area contributed by atoms with Crippen molar-refractivity contribution in [3.8, 4) is 17.2 Å². The lowest BCUT2D eigenvalue weighted by Gasteiger charge is -2.32. The van der Waals surface area contributed by atoms with E-state index in [0.717, 1.165) is 67.3 Å². The molecule has 0 saturated carbocycles. The molecule has 6 heteroatoms. The smallest absolute Gasteiger partial charge is 0.292 e. The Morgan fingerprint density at radius 2 is 1.79 bits per heavy atom. The molecule has 1 fully saturated rings. The number of ketones is 1. The zero-order valence-corrected chi connectivity index (χ0v) is 22.4. The normalized spacial score (nSPS) is 17.9. The van der Waals surface area contributed by atoms with Crippen molar-refractivity contribution in [3.63, 3.8) is 0 Å². The summed E-state index contributed by atoms with van der Waals surface area (Å²) in [7, 11) is 1.63. The fourth-order valence-electron chi connectivity index (χ4n) is 6.17. The topological polar surface area (TPSA) is 62.9 Å². The maximum absolute atomic E-state index is 13.5. The number of rotatable bonds is 8. The molecule has 3 aromatic carbocycles. The van der Waals surface area contributed by atoms with Crippen LogP contribution in [0.2, 0.25) is 0 Å². The highest BCUT2D eigenvalue weighted by Gasteiger charge is 2.34. The molecule has 0 spiro atoms. The Kier molecular flexibility index (Phi) is 7.20. The van der Waals surface area contributed by atoms with Gasteiger partial charge in [-0.15, -0.1) is 0 Å². The van der Waals surface area contributed by atoms with Crippen LogP contribution in [0.1, 0.15) is 40.7 Å². The summed E-state index contributed by atoms with van der Waals surface area (Å²) in [6, 6.07) is 23.7. The van der Waals surface area contributed by atoms with E-state index in [9.17, 15) is 9.90 Å². The molecule has 2 heterocycles. The van der Waals surface area contributed by atoms with Crippen LogP contribution in [0.4, 0.5) is 0 Å². The van der Waals surface area contributed by atoms with Crippen LogP contribution in [0.5, 0.6) is 17.2 Å². The molecule has 1 aliphatic heterocycles. The van der Waals surface area contributed by atoms with Gasteiger partial charge >= 0.3 is 0 Å². The predicted molar refractivity (Wildman–Crippen MR) is 150 cm³/mol.